The first-order valence-electron chi connectivity index (χ1n) is 9.38. The van der Waals surface area contributed by atoms with Gasteiger partial charge in [0.1, 0.15) is 5.65 Å². The minimum absolute atomic E-state index is 0.0635. The van der Waals surface area contributed by atoms with Crippen LogP contribution in [0.25, 0.3) is 16.9 Å². The molecular formula is C21H20N6O. The molecule has 5 rings (SSSR count). The lowest BCUT2D eigenvalue weighted by molar-refractivity contribution is 0.0756. The van der Waals surface area contributed by atoms with Gasteiger partial charge in [-0.15, -0.1) is 0 Å². The average Bonchev–Trinajstić information content (AvgIpc) is 3.11. The van der Waals surface area contributed by atoms with Crippen molar-refractivity contribution in [3.63, 3.8) is 0 Å². The van der Waals surface area contributed by atoms with E-state index >= 15 is 0 Å². The summed E-state index contributed by atoms with van der Waals surface area (Å²) in [4.78, 5) is 23.3. The highest BCUT2D eigenvalue weighted by Crippen LogP contribution is 2.20. The Bertz CT molecular complexity index is 1130. The van der Waals surface area contributed by atoms with Crippen LogP contribution in [0.15, 0.2) is 72.0 Å². The van der Waals surface area contributed by atoms with Crippen LogP contribution < -0.4 is 5.56 Å². The van der Waals surface area contributed by atoms with Gasteiger partial charge in [0.2, 0.25) is 0 Å². The Hall–Kier alpha value is -3.32. The Morgan fingerprint density at radius 3 is 2.82 bits per heavy atom. The number of imidazole rings is 1. The van der Waals surface area contributed by atoms with Crippen molar-refractivity contribution in [2.45, 2.75) is 13.1 Å². The van der Waals surface area contributed by atoms with Crippen molar-refractivity contribution in [2.24, 2.45) is 5.92 Å². The number of hydrogen-bond acceptors (Lipinski definition) is 5. The second-order valence-electron chi connectivity index (χ2n) is 7.24. The maximum absolute atomic E-state index is 12.2. The highest BCUT2D eigenvalue weighted by atomic mass is 16.1. The van der Waals surface area contributed by atoms with E-state index in [1.807, 2.05) is 40.9 Å². The van der Waals surface area contributed by atoms with E-state index in [-0.39, 0.29) is 5.56 Å². The van der Waals surface area contributed by atoms with Crippen LogP contribution in [0, 0.1) is 5.92 Å². The third-order valence-electron chi connectivity index (χ3n) is 5.09. The minimum atomic E-state index is -0.0635. The van der Waals surface area contributed by atoms with Gasteiger partial charge in [-0.3, -0.25) is 14.7 Å². The Balaban J connectivity index is 1.23. The number of fused-ring (bicyclic) bond motifs is 1. The maximum Gasteiger partial charge on any atom is 0.266 e. The van der Waals surface area contributed by atoms with E-state index in [9.17, 15) is 4.79 Å². The number of rotatable bonds is 5. The topological polar surface area (TPSA) is 68.3 Å². The van der Waals surface area contributed by atoms with E-state index in [0.717, 1.165) is 42.2 Å². The third-order valence-corrected chi connectivity index (χ3v) is 5.09. The summed E-state index contributed by atoms with van der Waals surface area (Å²) in [6, 6.07) is 13.2. The first kappa shape index (κ1) is 16.8. The van der Waals surface area contributed by atoms with Crippen LogP contribution in [0.3, 0.4) is 0 Å². The van der Waals surface area contributed by atoms with Crippen molar-refractivity contribution in [1.29, 1.82) is 0 Å². The molecule has 0 amide bonds. The predicted octanol–water partition coefficient (Wildman–Crippen LogP) is 2.08. The molecule has 28 heavy (non-hydrogen) atoms. The Morgan fingerprint density at radius 2 is 2.00 bits per heavy atom. The van der Waals surface area contributed by atoms with E-state index in [2.05, 4.69) is 26.2 Å². The van der Waals surface area contributed by atoms with Crippen molar-refractivity contribution < 1.29 is 0 Å². The van der Waals surface area contributed by atoms with Gasteiger partial charge in [-0.2, -0.15) is 5.10 Å². The summed E-state index contributed by atoms with van der Waals surface area (Å²) in [5.74, 6) is 0.423. The zero-order valence-corrected chi connectivity index (χ0v) is 15.3. The van der Waals surface area contributed by atoms with E-state index in [1.165, 1.54) is 0 Å². The lowest BCUT2D eigenvalue weighted by Gasteiger charge is -2.38. The lowest BCUT2D eigenvalue weighted by atomic mass is 10.00. The maximum atomic E-state index is 12.2. The van der Waals surface area contributed by atoms with E-state index in [0.29, 0.717) is 12.5 Å². The molecule has 0 atom stereocenters. The smallest absolute Gasteiger partial charge is 0.266 e. The summed E-state index contributed by atoms with van der Waals surface area (Å²) in [6.45, 7) is 3.35. The SMILES string of the molecule is O=c1ccc(-c2cccnc2)nn1CC1CN(Cc2cn3ccccc3n2)C1. The Morgan fingerprint density at radius 1 is 1.07 bits per heavy atom. The van der Waals surface area contributed by atoms with Gasteiger partial charge in [0.15, 0.2) is 0 Å². The summed E-state index contributed by atoms with van der Waals surface area (Å²) < 4.78 is 3.62. The first-order valence-corrected chi connectivity index (χ1v) is 9.38. The average molecular weight is 372 g/mol. The molecule has 0 unspecified atom stereocenters. The lowest BCUT2D eigenvalue weighted by Crippen LogP contribution is -2.48. The molecule has 0 aromatic carbocycles. The fraction of sp³-hybridized carbons (Fsp3) is 0.238. The van der Waals surface area contributed by atoms with Crippen LogP contribution in [0.5, 0.6) is 0 Å². The van der Waals surface area contributed by atoms with Crippen molar-refractivity contribution in [2.75, 3.05) is 13.1 Å². The second-order valence-corrected chi connectivity index (χ2v) is 7.24. The molecule has 0 saturated carbocycles. The molecule has 4 aromatic rings. The standard InChI is InChI=1S/C21H20N6O/c28-21-7-6-19(17-4-3-8-22-10-17)24-27(21)13-16-11-25(12-16)14-18-15-26-9-2-1-5-20(26)23-18/h1-10,15-16H,11-14H2. The molecule has 4 aromatic heterocycles. The van der Waals surface area contributed by atoms with Crippen molar-refractivity contribution in [3.8, 4) is 11.3 Å². The van der Waals surface area contributed by atoms with Crippen molar-refractivity contribution >= 4 is 5.65 Å². The molecule has 0 N–H and O–H groups in total. The van der Waals surface area contributed by atoms with E-state index in [1.54, 1.807) is 29.2 Å². The van der Waals surface area contributed by atoms with Crippen molar-refractivity contribution in [3.05, 3.63) is 83.3 Å². The monoisotopic (exact) mass is 372 g/mol. The van der Waals surface area contributed by atoms with Crippen LogP contribution in [0.4, 0.5) is 0 Å². The normalized spacial score (nSPS) is 15.0. The van der Waals surface area contributed by atoms with E-state index in [4.69, 9.17) is 0 Å². The van der Waals surface area contributed by atoms with Crippen LogP contribution in [-0.4, -0.2) is 42.1 Å². The number of pyridine rings is 2. The number of nitrogens with zero attached hydrogens (tertiary/aromatic N) is 6. The molecule has 1 aliphatic rings. The van der Waals surface area contributed by atoms with Gasteiger partial charge >= 0.3 is 0 Å². The first-order chi connectivity index (χ1) is 13.7. The highest BCUT2D eigenvalue weighted by molar-refractivity contribution is 5.56. The number of aromatic nitrogens is 5. The summed E-state index contributed by atoms with van der Waals surface area (Å²) in [7, 11) is 0. The van der Waals surface area contributed by atoms with Gasteiger partial charge in [-0.25, -0.2) is 9.67 Å². The molecule has 0 spiro atoms. The fourth-order valence-electron chi connectivity index (χ4n) is 3.71. The van der Waals surface area contributed by atoms with Crippen LogP contribution >= 0.6 is 0 Å². The van der Waals surface area contributed by atoms with Crippen LogP contribution in [-0.2, 0) is 13.1 Å². The zero-order valence-electron chi connectivity index (χ0n) is 15.3. The van der Waals surface area contributed by atoms with Crippen molar-refractivity contribution in [1.82, 2.24) is 29.0 Å². The Labute approximate surface area is 161 Å². The van der Waals surface area contributed by atoms with Gasteiger partial charge in [0.05, 0.1) is 17.9 Å². The summed E-state index contributed by atoms with van der Waals surface area (Å²) in [5, 5.41) is 4.53. The molecule has 140 valence electrons. The van der Waals surface area contributed by atoms with Gasteiger partial charge in [-0.1, -0.05) is 6.07 Å². The predicted molar refractivity (Wildman–Crippen MR) is 106 cm³/mol. The molecule has 7 nitrogen and oxygen atoms in total. The van der Waals surface area contributed by atoms with Crippen LogP contribution in [0.1, 0.15) is 5.69 Å². The van der Waals surface area contributed by atoms with Gasteiger partial charge < -0.3 is 4.40 Å². The molecule has 1 fully saturated rings. The summed E-state index contributed by atoms with van der Waals surface area (Å²) in [5.41, 5.74) is 3.66. The quantitative estimate of drug-likeness (QED) is 0.537. The molecule has 0 aliphatic carbocycles. The molecule has 7 heteroatoms. The third kappa shape index (κ3) is 3.32. The largest absolute Gasteiger partial charge is 0.307 e. The molecule has 0 radical (unpaired) electrons. The molecule has 0 bridgehead atoms. The van der Waals surface area contributed by atoms with E-state index < -0.39 is 0 Å². The summed E-state index contributed by atoms with van der Waals surface area (Å²) in [6.07, 6.45) is 7.58. The molecule has 5 heterocycles. The number of likely N-dealkylation sites (tertiary alicyclic amines) is 1. The minimum Gasteiger partial charge on any atom is -0.307 e. The van der Waals surface area contributed by atoms with Gasteiger partial charge in [0.25, 0.3) is 5.56 Å². The molecule has 1 aliphatic heterocycles. The van der Waals surface area contributed by atoms with Crippen LogP contribution in [0.2, 0.25) is 0 Å². The molecule has 1 saturated heterocycles. The molecular weight excluding hydrogens is 352 g/mol. The highest BCUT2D eigenvalue weighted by Gasteiger charge is 2.28. The number of hydrogen-bond donors (Lipinski definition) is 0. The van der Waals surface area contributed by atoms with Gasteiger partial charge in [0, 0.05) is 62.0 Å². The zero-order chi connectivity index (χ0) is 18.9. The summed E-state index contributed by atoms with van der Waals surface area (Å²) >= 11 is 0. The fourth-order valence-corrected chi connectivity index (χ4v) is 3.71. The second kappa shape index (κ2) is 7.01. The van der Waals surface area contributed by atoms with Gasteiger partial charge in [-0.05, 0) is 30.3 Å². The Kier molecular flexibility index (Phi) is 4.21.